The Morgan fingerprint density at radius 3 is 2.36 bits per heavy atom. The molecule has 3 saturated carbocycles. The number of amides is 2. The SMILES string of the molecule is O=C(c1nn2c(C3CC3)cc(C3CC3)cc2c1Cl)N1CCCCN(C2CCCCC2)C(=O)C1. The van der Waals surface area contributed by atoms with E-state index in [1.165, 1.54) is 56.2 Å². The first-order chi connectivity index (χ1) is 16.1. The van der Waals surface area contributed by atoms with E-state index in [0.717, 1.165) is 37.7 Å². The number of fused-ring (bicyclic) bond motifs is 1. The van der Waals surface area contributed by atoms with Gasteiger partial charge in [0, 0.05) is 30.7 Å². The fourth-order valence-electron chi connectivity index (χ4n) is 5.77. The first-order valence-electron chi connectivity index (χ1n) is 12.9. The summed E-state index contributed by atoms with van der Waals surface area (Å²) < 4.78 is 1.90. The van der Waals surface area contributed by atoms with Crippen molar-refractivity contribution in [1.82, 2.24) is 19.4 Å². The maximum atomic E-state index is 13.6. The van der Waals surface area contributed by atoms with Crippen LogP contribution < -0.4 is 0 Å². The Morgan fingerprint density at radius 1 is 0.909 bits per heavy atom. The summed E-state index contributed by atoms with van der Waals surface area (Å²) in [5.74, 6) is 0.995. The highest BCUT2D eigenvalue weighted by Crippen LogP contribution is 2.46. The minimum Gasteiger partial charge on any atom is -0.338 e. The van der Waals surface area contributed by atoms with Gasteiger partial charge in [0.1, 0.15) is 6.54 Å². The number of aromatic nitrogens is 2. The molecule has 176 valence electrons. The molecular formula is C26H33ClN4O2. The van der Waals surface area contributed by atoms with Crippen molar-refractivity contribution >= 4 is 28.9 Å². The lowest BCUT2D eigenvalue weighted by Crippen LogP contribution is -2.50. The summed E-state index contributed by atoms with van der Waals surface area (Å²) in [7, 11) is 0. The third-order valence-corrected chi connectivity index (χ3v) is 8.37. The molecule has 33 heavy (non-hydrogen) atoms. The van der Waals surface area contributed by atoms with Crippen molar-refractivity contribution < 1.29 is 9.59 Å². The second-order valence-corrected chi connectivity index (χ2v) is 10.9. The van der Waals surface area contributed by atoms with Crippen molar-refractivity contribution in [2.24, 2.45) is 0 Å². The van der Waals surface area contributed by atoms with Gasteiger partial charge in [-0.2, -0.15) is 5.10 Å². The highest BCUT2D eigenvalue weighted by molar-refractivity contribution is 6.36. The van der Waals surface area contributed by atoms with Gasteiger partial charge in [-0.15, -0.1) is 0 Å². The van der Waals surface area contributed by atoms with Crippen molar-refractivity contribution in [1.29, 1.82) is 0 Å². The van der Waals surface area contributed by atoms with Crippen LogP contribution in [0.4, 0.5) is 0 Å². The Morgan fingerprint density at radius 2 is 1.64 bits per heavy atom. The van der Waals surface area contributed by atoms with Crippen LogP contribution in [0, 0.1) is 0 Å². The average Bonchev–Trinajstić information content (AvgIpc) is 3.74. The fourth-order valence-corrected chi connectivity index (χ4v) is 6.02. The van der Waals surface area contributed by atoms with Crippen molar-refractivity contribution in [2.75, 3.05) is 19.6 Å². The van der Waals surface area contributed by atoms with Gasteiger partial charge in [-0.3, -0.25) is 9.59 Å². The van der Waals surface area contributed by atoms with E-state index in [9.17, 15) is 9.59 Å². The van der Waals surface area contributed by atoms with Crippen LogP contribution in [0.1, 0.15) is 104 Å². The Bertz CT molecular complexity index is 1080. The number of nitrogens with zero attached hydrogens (tertiary/aromatic N) is 4. The monoisotopic (exact) mass is 468 g/mol. The number of hydrogen-bond donors (Lipinski definition) is 0. The summed E-state index contributed by atoms with van der Waals surface area (Å²) in [4.78, 5) is 30.6. The molecule has 1 aliphatic heterocycles. The number of hydrogen-bond acceptors (Lipinski definition) is 3. The smallest absolute Gasteiger partial charge is 0.276 e. The molecule has 7 heteroatoms. The van der Waals surface area contributed by atoms with E-state index in [-0.39, 0.29) is 18.4 Å². The van der Waals surface area contributed by atoms with E-state index >= 15 is 0 Å². The van der Waals surface area contributed by atoms with Crippen molar-refractivity contribution in [3.8, 4) is 0 Å². The first-order valence-corrected chi connectivity index (χ1v) is 13.3. The van der Waals surface area contributed by atoms with Crippen LogP contribution in [0.5, 0.6) is 0 Å². The number of halogens is 1. The van der Waals surface area contributed by atoms with Gasteiger partial charge in [0.05, 0.1) is 10.5 Å². The van der Waals surface area contributed by atoms with Gasteiger partial charge in [-0.1, -0.05) is 30.9 Å². The Balaban J connectivity index is 1.28. The standard InChI is InChI=1S/C26H33ClN4O2/c27-24-22-15-19(17-8-9-17)14-21(18-10-11-18)31(22)28-25(24)26(33)29-12-4-5-13-30(23(32)16-29)20-6-2-1-3-7-20/h14-15,17-18,20H,1-13,16H2. The predicted molar refractivity (Wildman–Crippen MR) is 128 cm³/mol. The summed E-state index contributed by atoms with van der Waals surface area (Å²) >= 11 is 6.80. The van der Waals surface area contributed by atoms with Crippen LogP contribution in [0.3, 0.4) is 0 Å². The minimum absolute atomic E-state index is 0.0736. The largest absolute Gasteiger partial charge is 0.338 e. The molecule has 3 heterocycles. The normalized spacial score (nSPS) is 23.1. The van der Waals surface area contributed by atoms with Crippen molar-refractivity contribution in [2.45, 2.75) is 88.5 Å². The Labute approximate surface area is 200 Å². The van der Waals surface area contributed by atoms with Crippen LogP contribution in [-0.4, -0.2) is 56.9 Å². The summed E-state index contributed by atoms with van der Waals surface area (Å²) in [6, 6.07) is 4.74. The minimum atomic E-state index is -0.211. The van der Waals surface area contributed by atoms with E-state index < -0.39 is 0 Å². The van der Waals surface area contributed by atoms with Crippen molar-refractivity contribution in [3.63, 3.8) is 0 Å². The Kier molecular flexibility index (Phi) is 5.60. The number of carbonyl (C=O) groups is 2. The second-order valence-electron chi connectivity index (χ2n) is 10.5. The molecule has 0 bridgehead atoms. The van der Waals surface area contributed by atoms with Crippen LogP contribution in [0.25, 0.3) is 5.52 Å². The lowest BCUT2D eigenvalue weighted by molar-refractivity contribution is -0.135. The molecular weight excluding hydrogens is 436 g/mol. The zero-order chi connectivity index (χ0) is 22.5. The maximum absolute atomic E-state index is 13.6. The molecule has 2 amide bonds. The van der Waals surface area contributed by atoms with Gasteiger partial charge in [0.2, 0.25) is 5.91 Å². The molecule has 0 unspecified atom stereocenters. The third kappa shape index (κ3) is 4.16. The quantitative estimate of drug-likeness (QED) is 0.624. The second kappa shape index (κ2) is 8.61. The molecule has 6 rings (SSSR count). The van der Waals surface area contributed by atoms with Crippen LogP contribution in [-0.2, 0) is 4.79 Å². The van der Waals surface area contributed by atoms with Gasteiger partial charge in [-0.25, -0.2) is 4.52 Å². The van der Waals surface area contributed by atoms with E-state index in [4.69, 9.17) is 16.7 Å². The average molecular weight is 469 g/mol. The number of rotatable bonds is 4. The lowest BCUT2D eigenvalue weighted by Gasteiger charge is -2.37. The molecule has 4 fully saturated rings. The molecule has 0 radical (unpaired) electrons. The molecule has 2 aromatic rings. The van der Waals surface area contributed by atoms with Gasteiger partial charge in [-0.05, 0) is 75.0 Å². The molecule has 4 aliphatic rings. The molecule has 0 atom stereocenters. The summed E-state index contributed by atoms with van der Waals surface area (Å²) in [5.41, 5.74) is 3.65. The highest BCUT2D eigenvalue weighted by Gasteiger charge is 2.34. The molecule has 0 aromatic carbocycles. The third-order valence-electron chi connectivity index (χ3n) is 8.00. The molecule has 0 N–H and O–H groups in total. The topological polar surface area (TPSA) is 57.9 Å². The number of carbonyl (C=O) groups excluding carboxylic acids is 2. The molecule has 6 nitrogen and oxygen atoms in total. The van der Waals surface area contributed by atoms with Crippen LogP contribution in [0.15, 0.2) is 12.1 Å². The zero-order valence-corrected chi connectivity index (χ0v) is 20.0. The number of pyridine rings is 1. The zero-order valence-electron chi connectivity index (χ0n) is 19.3. The van der Waals surface area contributed by atoms with Crippen molar-refractivity contribution in [3.05, 3.63) is 34.1 Å². The fraction of sp³-hybridized carbons (Fsp3) is 0.654. The van der Waals surface area contributed by atoms with Gasteiger partial charge >= 0.3 is 0 Å². The van der Waals surface area contributed by atoms with E-state index in [1.807, 2.05) is 4.52 Å². The molecule has 3 aliphatic carbocycles. The highest BCUT2D eigenvalue weighted by atomic mass is 35.5. The Hall–Kier alpha value is -2.08. The molecule has 2 aromatic heterocycles. The summed E-state index contributed by atoms with van der Waals surface area (Å²) in [6.07, 6.45) is 12.4. The predicted octanol–water partition coefficient (Wildman–Crippen LogP) is 5.14. The van der Waals surface area contributed by atoms with Crippen LogP contribution >= 0.6 is 11.6 Å². The van der Waals surface area contributed by atoms with Gasteiger partial charge < -0.3 is 9.80 Å². The van der Waals surface area contributed by atoms with E-state index in [2.05, 4.69) is 17.0 Å². The van der Waals surface area contributed by atoms with Crippen LogP contribution in [0.2, 0.25) is 5.02 Å². The molecule has 0 spiro atoms. The lowest BCUT2D eigenvalue weighted by atomic mass is 9.93. The van der Waals surface area contributed by atoms with Gasteiger partial charge in [0.15, 0.2) is 5.69 Å². The maximum Gasteiger partial charge on any atom is 0.276 e. The van der Waals surface area contributed by atoms with Gasteiger partial charge in [0.25, 0.3) is 5.91 Å². The van der Waals surface area contributed by atoms with E-state index in [0.29, 0.717) is 35.1 Å². The van der Waals surface area contributed by atoms with E-state index in [1.54, 1.807) is 4.90 Å². The first kappa shape index (κ1) is 21.5. The summed E-state index contributed by atoms with van der Waals surface area (Å²) in [5, 5.41) is 5.16. The summed E-state index contributed by atoms with van der Waals surface area (Å²) in [6.45, 7) is 1.52. The molecule has 1 saturated heterocycles.